The van der Waals surface area contributed by atoms with E-state index in [4.69, 9.17) is 9.84 Å². The highest BCUT2D eigenvalue weighted by Gasteiger charge is 2.48. The number of ether oxygens (including phenoxy) is 1. The second-order valence-corrected chi connectivity index (χ2v) is 14.3. The van der Waals surface area contributed by atoms with E-state index in [0.29, 0.717) is 24.3 Å². The zero-order valence-electron chi connectivity index (χ0n) is 25.8. The van der Waals surface area contributed by atoms with E-state index in [1.165, 1.54) is 31.4 Å². The summed E-state index contributed by atoms with van der Waals surface area (Å²) in [5.74, 6) is -0.117. The Morgan fingerprint density at radius 1 is 1.12 bits per heavy atom. The molecule has 228 valence electrons. The summed E-state index contributed by atoms with van der Waals surface area (Å²) in [6.07, 6.45) is 5.57. The van der Waals surface area contributed by atoms with Gasteiger partial charge in [-0.15, -0.1) is 0 Å². The molecule has 1 aliphatic carbocycles. The van der Waals surface area contributed by atoms with Crippen LogP contribution in [0.2, 0.25) is 0 Å². The molecule has 10 heteroatoms. The number of benzene rings is 1. The Morgan fingerprint density at radius 3 is 2.52 bits per heavy atom. The monoisotopic (exact) mass is 578 g/mol. The number of hydrogen-bond acceptors (Lipinski definition) is 7. The Morgan fingerprint density at radius 2 is 1.86 bits per heavy atom. The molecule has 42 heavy (non-hydrogen) atoms. The molecule has 0 radical (unpaired) electrons. The quantitative estimate of drug-likeness (QED) is 0.547. The lowest BCUT2D eigenvalue weighted by Gasteiger charge is -2.53. The molecule has 10 nitrogen and oxygen atoms in total. The third-order valence-corrected chi connectivity index (χ3v) is 9.93. The number of carbonyl (C=O) groups excluding carboxylic acids is 3. The van der Waals surface area contributed by atoms with Crippen LogP contribution in [-0.4, -0.2) is 88.4 Å². The van der Waals surface area contributed by atoms with Crippen molar-refractivity contribution < 1.29 is 19.1 Å². The van der Waals surface area contributed by atoms with Crippen molar-refractivity contribution in [3.8, 4) is 0 Å². The van der Waals surface area contributed by atoms with E-state index in [1.807, 2.05) is 37.4 Å². The lowest BCUT2D eigenvalue weighted by atomic mass is 9.66. The van der Waals surface area contributed by atoms with Crippen molar-refractivity contribution in [1.29, 1.82) is 0 Å². The van der Waals surface area contributed by atoms with Gasteiger partial charge in [-0.2, -0.15) is 5.10 Å². The first-order valence-corrected chi connectivity index (χ1v) is 15.7. The summed E-state index contributed by atoms with van der Waals surface area (Å²) in [6, 6.07) is 6.90. The van der Waals surface area contributed by atoms with Gasteiger partial charge in [0.05, 0.1) is 17.1 Å². The molecule has 1 aromatic heterocycles. The van der Waals surface area contributed by atoms with Gasteiger partial charge >= 0.3 is 6.09 Å². The van der Waals surface area contributed by atoms with Gasteiger partial charge in [0.2, 0.25) is 11.8 Å². The van der Waals surface area contributed by atoms with Gasteiger partial charge < -0.3 is 14.5 Å². The Bertz CT molecular complexity index is 1360. The van der Waals surface area contributed by atoms with Crippen molar-refractivity contribution in [3.05, 3.63) is 23.9 Å². The average molecular weight is 579 g/mol. The van der Waals surface area contributed by atoms with E-state index in [2.05, 4.69) is 40.2 Å². The molecular formula is C32H46N6O4. The molecule has 3 amide bonds. The summed E-state index contributed by atoms with van der Waals surface area (Å²) in [7, 11) is 1.93. The fraction of sp³-hybridized carbons (Fsp3) is 0.688. The fourth-order valence-corrected chi connectivity index (χ4v) is 7.52. The van der Waals surface area contributed by atoms with Crippen LogP contribution >= 0.6 is 0 Å². The Kier molecular flexibility index (Phi) is 7.48. The number of nitrogens with one attached hydrogen (secondary N) is 1. The molecule has 6 rings (SSSR count). The van der Waals surface area contributed by atoms with Gasteiger partial charge in [-0.3, -0.25) is 24.5 Å². The van der Waals surface area contributed by atoms with Crippen molar-refractivity contribution in [2.75, 3.05) is 44.2 Å². The number of nitrogens with zero attached hydrogens (tertiary/aromatic N) is 5. The number of piperidine rings is 1. The molecule has 0 bridgehead atoms. The number of carbonyl (C=O) groups is 3. The second-order valence-electron chi connectivity index (χ2n) is 14.3. The van der Waals surface area contributed by atoms with Crippen molar-refractivity contribution in [1.82, 2.24) is 24.9 Å². The molecule has 1 spiro atoms. The topological polar surface area (TPSA) is 100 Å². The maximum Gasteiger partial charge on any atom is 0.410 e. The summed E-state index contributed by atoms with van der Waals surface area (Å²) in [5.41, 5.74) is 2.83. The summed E-state index contributed by atoms with van der Waals surface area (Å²) >= 11 is 0. The van der Waals surface area contributed by atoms with Gasteiger partial charge in [-0.25, -0.2) is 4.79 Å². The van der Waals surface area contributed by atoms with E-state index in [-0.39, 0.29) is 23.8 Å². The van der Waals surface area contributed by atoms with Gasteiger partial charge in [0.15, 0.2) is 0 Å². The minimum absolute atomic E-state index is 0.167. The lowest BCUT2D eigenvalue weighted by Crippen LogP contribution is -2.60. The number of amides is 3. The van der Waals surface area contributed by atoms with Crippen molar-refractivity contribution in [2.45, 2.75) is 83.8 Å². The van der Waals surface area contributed by atoms with Crippen LogP contribution in [0.5, 0.6) is 0 Å². The van der Waals surface area contributed by atoms with Gasteiger partial charge in [0, 0.05) is 75.3 Å². The molecule has 4 aliphatic rings. The molecule has 1 aromatic carbocycles. The molecule has 2 atom stereocenters. The second kappa shape index (κ2) is 10.8. The van der Waals surface area contributed by atoms with E-state index >= 15 is 0 Å². The number of anilines is 1. The molecule has 1 N–H and O–H groups in total. The number of hydrogen-bond donors (Lipinski definition) is 1. The van der Waals surface area contributed by atoms with Gasteiger partial charge in [0.25, 0.3) is 0 Å². The van der Waals surface area contributed by atoms with E-state index in [1.54, 1.807) is 0 Å². The lowest BCUT2D eigenvalue weighted by molar-refractivity contribution is -0.134. The largest absolute Gasteiger partial charge is 0.444 e. The predicted octanol–water partition coefficient (Wildman–Crippen LogP) is 4.03. The zero-order valence-corrected chi connectivity index (χ0v) is 25.8. The third kappa shape index (κ3) is 5.74. The predicted molar refractivity (Wildman–Crippen MR) is 161 cm³/mol. The summed E-state index contributed by atoms with van der Waals surface area (Å²) < 4.78 is 7.42. The van der Waals surface area contributed by atoms with E-state index in [0.717, 1.165) is 61.8 Å². The van der Waals surface area contributed by atoms with E-state index in [9.17, 15) is 14.4 Å². The number of imide groups is 1. The first-order valence-electron chi connectivity index (χ1n) is 15.7. The average Bonchev–Trinajstić information content (AvgIpc) is 3.23. The SMILES string of the molecule is C[C@H]1CN(c2ccc3c(C4CCC(=O)NC4=O)nn(C)c3c2)CCN1CC1CCC2(CC1)CN(C(=O)OC(C)(C)C)C2. The number of fused-ring (bicyclic) bond motifs is 1. The van der Waals surface area contributed by atoms with Crippen LogP contribution < -0.4 is 10.2 Å². The summed E-state index contributed by atoms with van der Waals surface area (Å²) in [5, 5.41) is 8.16. The number of rotatable bonds is 4. The maximum absolute atomic E-state index is 12.5. The van der Waals surface area contributed by atoms with Crippen LogP contribution in [0.15, 0.2) is 18.2 Å². The molecular weight excluding hydrogens is 532 g/mol. The van der Waals surface area contributed by atoms with Crippen molar-refractivity contribution >= 4 is 34.5 Å². The molecule has 1 unspecified atom stereocenters. The standard InChI is InChI=1S/C32H46N6O4/c1-21-17-37(23-6-7-24-26(16-23)35(5)34-28(24)25-8-9-27(39)33-29(25)40)15-14-36(21)18-22-10-12-32(13-11-22)19-38(20-32)30(41)42-31(2,3)4/h6-7,16,21-22,25H,8-15,17-20H2,1-5H3,(H,33,39,40)/t21-,25?/m0/s1. The van der Waals surface area contributed by atoms with Crippen LogP contribution in [0, 0.1) is 11.3 Å². The van der Waals surface area contributed by atoms with E-state index < -0.39 is 5.60 Å². The highest BCUT2D eigenvalue weighted by Crippen LogP contribution is 2.46. The Hall–Kier alpha value is -3.14. The molecule has 2 aromatic rings. The molecule has 4 heterocycles. The zero-order chi connectivity index (χ0) is 29.8. The normalized spacial score (nSPS) is 25.5. The maximum atomic E-state index is 12.5. The van der Waals surface area contributed by atoms with Crippen LogP contribution in [-0.2, 0) is 21.4 Å². The first kappa shape index (κ1) is 29.0. The van der Waals surface area contributed by atoms with Crippen LogP contribution in [0.4, 0.5) is 10.5 Å². The fourth-order valence-electron chi connectivity index (χ4n) is 7.52. The molecule has 3 aliphatic heterocycles. The van der Waals surface area contributed by atoms with Crippen LogP contribution in [0.1, 0.15) is 77.8 Å². The van der Waals surface area contributed by atoms with Crippen LogP contribution in [0.25, 0.3) is 10.9 Å². The third-order valence-electron chi connectivity index (χ3n) is 9.93. The highest BCUT2D eigenvalue weighted by atomic mass is 16.6. The minimum Gasteiger partial charge on any atom is -0.444 e. The summed E-state index contributed by atoms with van der Waals surface area (Å²) in [6.45, 7) is 14.0. The number of piperazine rings is 1. The molecule has 4 fully saturated rings. The Balaban J connectivity index is 1.01. The molecule has 3 saturated heterocycles. The number of aryl methyl sites for hydroxylation is 1. The number of likely N-dealkylation sites (tertiary alicyclic amines) is 1. The van der Waals surface area contributed by atoms with Gasteiger partial charge in [-0.1, -0.05) is 0 Å². The van der Waals surface area contributed by atoms with Crippen LogP contribution in [0.3, 0.4) is 0 Å². The smallest absolute Gasteiger partial charge is 0.410 e. The van der Waals surface area contributed by atoms with Crippen molar-refractivity contribution in [3.63, 3.8) is 0 Å². The molecule has 1 saturated carbocycles. The number of aromatic nitrogens is 2. The van der Waals surface area contributed by atoms with Crippen molar-refractivity contribution in [2.24, 2.45) is 18.4 Å². The minimum atomic E-state index is -0.440. The highest BCUT2D eigenvalue weighted by molar-refractivity contribution is 6.02. The Labute approximate surface area is 248 Å². The summed E-state index contributed by atoms with van der Waals surface area (Å²) in [4.78, 5) is 43.5. The first-order chi connectivity index (χ1) is 19.9. The van der Waals surface area contributed by atoms with Gasteiger partial charge in [0.1, 0.15) is 5.60 Å². The van der Waals surface area contributed by atoms with Gasteiger partial charge in [-0.05, 0) is 83.9 Å².